The van der Waals surface area contributed by atoms with Crippen molar-refractivity contribution in [1.29, 1.82) is 0 Å². The number of nitrogens with two attached hydrogens (primary N) is 1. The Kier molecular flexibility index (Phi) is 1.85. The van der Waals surface area contributed by atoms with Gasteiger partial charge in [-0.2, -0.15) is 0 Å². The summed E-state index contributed by atoms with van der Waals surface area (Å²) in [7, 11) is 0. The van der Waals surface area contributed by atoms with Gasteiger partial charge in [0.15, 0.2) is 0 Å². The molecule has 0 aliphatic rings. The Morgan fingerprint density at radius 1 is 1.25 bits per heavy atom. The molecule has 80 valence electrons. The highest BCUT2D eigenvalue weighted by atomic mass is 32.1. The van der Waals surface area contributed by atoms with Crippen LogP contribution in [0.5, 0.6) is 5.75 Å². The molecule has 0 fully saturated rings. The van der Waals surface area contributed by atoms with Crippen LogP contribution >= 0.6 is 11.3 Å². The molecule has 0 saturated heterocycles. The highest BCUT2D eigenvalue weighted by Gasteiger charge is 2.12. The number of phenols is 1. The Balaban J connectivity index is 2.64. The van der Waals surface area contributed by atoms with E-state index in [4.69, 9.17) is 5.73 Å². The SMILES string of the molecule is Cc1cc(N)c2c(sc3ccccc32)c1O. The number of phenolic OH excluding ortho intramolecular Hbond substituents is 1. The minimum absolute atomic E-state index is 0.352. The molecular formula is C13H11NOS. The van der Waals surface area contributed by atoms with E-state index >= 15 is 0 Å². The maximum absolute atomic E-state index is 10.0. The minimum atomic E-state index is 0.352. The first-order chi connectivity index (χ1) is 7.68. The summed E-state index contributed by atoms with van der Waals surface area (Å²) in [6, 6.07) is 9.91. The van der Waals surface area contributed by atoms with E-state index in [9.17, 15) is 5.11 Å². The van der Waals surface area contributed by atoms with Crippen LogP contribution in [0.25, 0.3) is 20.2 Å². The van der Waals surface area contributed by atoms with Gasteiger partial charge in [0.2, 0.25) is 0 Å². The fourth-order valence-corrected chi connectivity index (χ4v) is 3.29. The van der Waals surface area contributed by atoms with Crippen LogP contribution in [0, 0.1) is 6.92 Å². The largest absolute Gasteiger partial charge is 0.506 e. The van der Waals surface area contributed by atoms with Crippen molar-refractivity contribution >= 4 is 37.2 Å². The van der Waals surface area contributed by atoms with Gasteiger partial charge in [0.25, 0.3) is 0 Å². The molecule has 3 aromatic rings. The second kappa shape index (κ2) is 3.12. The van der Waals surface area contributed by atoms with E-state index in [1.807, 2.05) is 37.3 Å². The molecule has 0 unspecified atom stereocenters. The maximum Gasteiger partial charge on any atom is 0.136 e. The molecule has 0 saturated carbocycles. The van der Waals surface area contributed by atoms with E-state index in [1.165, 1.54) is 0 Å². The van der Waals surface area contributed by atoms with Gasteiger partial charge in [-0.05, 0) is 24.6 Å². The fraction of sp³-hybridized carbons (Fsp3) is 0.0769. The molecule has 3 rings (SSSR count). The zero-order valence-electron chi connectivity index (χ0n) is 8.82. The number of hydrogen-bond acceptors (Lipinski definition) is 3. The molecule has 2 aromatic carbocycles. The molecule has 1 aromatic heterocycles. The van der Waals surface area contributed by atoms with Gasteiger partial charge in [-0.15, -0.1) is 11.3 Å². The van der Waals surface area contributed by atoms with Crippen LogP contribution in [0.2, 0.25) is 0 Å². The first-order valence-electron chi connectivity index (χ1n) is 5.08. The van der Waals surface area contributed by atoms with Crippen molar-refractivity contribution in [3.8, 4) is 5.75 Å². The molecule has 0 atom stereocenters. The lowest BCUT2D eigenvalue weighted by Gasteiger charge is -2.03. The molecule has 3 heteroatoms. The van der Waals surface area contributed by atoms with E-state index < -0.39 is 0 Å². The smallest absolute Gasteiger partial charge is 0.136 e. The number of nitrogen functional groups attached to an aromatic ring is 1. The minimum Gasteiger partial charge on any atom is -0.506 e. The summed E-state index contributed by atoms with van der Waals surface area (Å²) < 4.78 is 2.05. The van der Waals surface area contributed by atoms with Crippen molar-refractivity contribution in [3.05, 3.63) is 35.9 Å². The molecule has 0 bridgehead atoms. The monoisotopic (exact) mass is 229 g/mol. The third-order valence-corrected chi connectivity index (χ3v) is 4.02. The molecular weight excluding hydrogens is 218 g/mol. The second-order valence-corrected chi connectivity index (χ2v) is 4.99. The van der Waals surface area contributed by atoms with Gasteiger partial charge in [-0.25, -0.2) is 0 Å². The van der Waals surface area contributed by atoms with Gasteiger partial charge < -0.3 is 10.8 Å². The lowest BCUT2D eigenvalue weighted by Crippen LogP contribution is -1.87. The van der Waals surface area contributed by atoms with Crippen LogP contribution in [0.4, 0.5) is 5.69 Å². The normalized spacial score (nSPS) is 11.3. The van der Waals surface area contributed by atoms with Gasteiger partial charge in [0.05, 0.1) is 4.70 Å². The van der Waals surface area contributed by atoms with Gasteiger partial charge in [0.1, 0.15) is 5.75 Å². The van der Waals surface area contributed by atoms with E-state index in [1.54, 1.807) is 11.3 Å². The maximum atomic E-state index is 10.0. The Morgan fingerprint density at radius 2 is 2.00 bits per heavy atom. The quantitative estimate of drug-likeness (QED) is 0.456. The van der Waals surface area contributed by atoms with Crippen LogP contribution in [0.1, 0.15) is 5.56 Å². The average molecular weight is 229 g/mol. The highest BCUT2D eigenvalue weighted by Crippen LogP contribution is 2.43. The van der Waals surface area contributed by atoms with Crippen LogP contribution < -0.4 is 5.73 Å². The third-order valence-electron chi connectivity index (χ3n) is 2.84. The number of anilines is 1. The first kappa shape index (κ1) is 9.48. The summed E-state index contributed by atoms with van der Waals surface area (Å²) in [6.45, 7) is 1.87. The number of aryl methyl sites for hydroxylation is 1. The van der Waals surface area contributed by atoms with Crippen molar-refractivity contribution in [1.82, 2.24) is 0 Å². The van der Waals surface area contributed by atoms with Crippen LogP contribution in [-0.4, -0.2) is 5.11 Å². The Bertz CT molecular complexity index is 700. The zero-order valence-corrected chi connectivity index (χ0v) is 9.64. The molecule has 16 heavy (non-hydrogen) atoms. The summed E-state index contributed by atoms with van der Waals surface area (Å²) in [5.74, 6) is 0.352. The standard InChI is InChI=1S/C13H11NOS/c1-7-6-9(14)11-8-4-2-3-5-10(8)16-13(11)12(7)15/h2-6,15H,14H2,1H3. The van der Waals surface area contributed by atoms with Crippen molar-refractivity contribution in [2.45, 2.75) is 6.92 Å². The van der Waals surface area contributed by atoms with Gasteiger partial charge in [-0.3, -0.25) is 0 Å². The third kappa shape index (κ3) is 1.12. The summed E-state index contributed by atoms with van der Waals surface area (Å²) >= 11 is 1.59. The first-order valence-corrected chi connectivity index (χ1v) is 5.89. The van der Waals surface area contributed by atoms with Crippen molar-refractivity contribution in [2.75, 3.05) is 5.73 Å². The Hall–Kier alpha value is -1.74. The van der Waals surface area contributed by atoms with E-state index in [2.05, 4.69) is 0 Å². The topological polar surface area (TPSA) is 46.2 Å². The van der Waals surface area contributed by atoms with Gasteiger partial charge >= 0.3 is 0 Å². The number of benzene rings is 2. The lowest BCUT2D eigenvalue weighted by molar-refractivity contribution is 0.478. The number of hydrogen-bond donors (Lipinski definition) is 2. The molecule has 3 N–H and O–H groups in total. The number of fused-ring (bicyclic) bond motifs is 3. The molecule has 0 aliphatic carbocycles. The lowest BCUT2D eigenvalue weighted by atomic mass is 10.1. The summed E-state index contributed by atoms with van der Waals surface area (Å²) in [4.78, 5) is 0. The molecule has 0 spiro atoms. The fourth-order valence-electron chi connectivity index (χ4n) is 2.05. The molecule has 0 amide bonds. The van der Waals surface area contributed by atoms with E-state index in [-0.39, 0.29) is 0 Å². The Labute approximate surface area is 96.9 Å². The Morgan fingerprint density at radius 3 is 2.81 bits per heavy atom. The second-order valence-electron chi connectivity index (χ2n) is 3.93. The molecule has 2 nitrogen and oxygen atoms in total. The van der Waals surface area contributed by atoms with Crippen LogP contribution in [0.3, 0.4) is 0 Å². The van der Waals surface area contributed by atoms with Crippen molar-refractivity contribution in [3.63, 3.8) is 0 Å². The van der Waals surface area contributed by atoms with E-state index in [0.717, 1.165) is 31.4 Å². The number of rotatable bonds is 0. The predicted octanol–water partition coefficient (Wildman–Crippen LogP) is 3.65. The van der Waals surface area contributed by atoms with Gasteiger partial charge in [0, 0.05) is 21.2 Å². The molecule has 0 aliphatic heterocycles. The van der Waals surface area contributed by atoms with E-state index in [0.29, 0.717) is 5.75 Å². The summed E-state index contributed by atoms with van der Waals surface area (Å²) in [6.07, 6.45) is 0. The summed E-state index contributed by atoms with van der Waals surface area (Å²) in [5.41, 5.74) is 7.60. The number of aromatic hydroxyl groups is 1. The van der Waals surface area contributed by atoms with Gasteiger partial charge in [-0.1, -0.05) is 18.2 Å². The number of thiophene rings is 1. The van der Waals surface area contributed by atoms with Crippen molar-refractivity contribution < 1.29 is 5.11 Å². The van der Waals surface area contributed by atoms with Crippen LogP contribution in [-0.2, 0) is 0 Å². The molecule has 0 radical (unpaired) electrons. The van der Waals surface area contributed by atoms with Crippen molar-refractivity contribution in [2.24, 2.45) is 0 Å². The zero-order chi connectivity index (χ0) is 11.3. The average Bonchev–Trinajstić information content (AvgIpc) is 2.65. The predicted molar refractivity (Wildman–Crippen MR) is 70.1 cm³/mol. The van der Waals surface area contributed by atoms with Crippen LogP contribution in [0.15, 0.2) is 30.3 Å². The summed E-state index contributed by atoms with van der Waals surface area (Å²) in [5, 5.41) is 12.1. The molecule has 1 heterocycles. The highest BCUT2D eigenvalue weighted by molar-refractivity contribution is 7.26.